The Bertz CT molecular complexity index is 661. The monoisotopic (exact) mass is 285 g/mol. The predicted octanol–water partition coefficient (Wildman–Crippen LogP) is 1.59. The van der Waals surface area contributed by atoms with Crippen LogP contribution in [0.25, 0.3) is 0 Å². The van der Waals surface area contributed by atoms with E-state index in [-0.39, 0.29) is 11.2 Å². The second-order valence-corrected chi connectivity index (χ2v) is 5.48. The lowest BCUT2D eigenvalue weighted by Crippen LogP contribution is -2.23. The van der Waals surface area contributed by atoms with Crippen LogP contribution in [0.4, 0.5) is 0 Å². The third-order valence-electron chi connectivity index (χ3n) is 3.88. The third kappa shape index (κ3) is 3.31. The van der Waals surface area contributed by atoms with Gasteiger partial charge in [-0.15, -0.1) is 0 Å². The van der Waals surface area contributed by atoms with E-state index in [0.29, 0.717) is 6.54 Å². The van der Waals surface area contributed by atoms with Crippen molar-refractivity contribution in [1.29, 1.82) is 0 Å². The van der Waals surface area contributed by atoms with Crippen molar-refractivity contribution in [2.75, 3.05) is 13.1 Å². The first-order valence-electron chi connectivity index (χ1n) is 7.26. The molecule has 5 heteroatoms. The van der Waals surface area contributed by atoms with E-state index in [1.807, 2.05) is 16.7 Å². The number of likely N-dealkylation sites (tertiary alicyclic amines) is 1. The van der Waals surface area contributed by atoms with Gasteiger partial charge in [0.05, 0.1) is 6.20 Å². The van der Waals surface area contributed by atoms with Gasteiger partial charge >= 0.3 is 0 Å². The molecule has 0 spiro atoms. The molecule has 2 aromatic heterocycles. The largest absolute Gasteiger partial charge is 0.503 e. The van der Waals surface area contributed by atoms with E-state index in [2.05, 4.69) is 9.88 Å². The molecule has 0 bridgehead atoms. The van der Waals surface area contributed by atoms with Crippen LogP contribution in [-0.4, -0.2) is 32.6 Å². The van der Waals surface area contributed by atoms with Crippen molar-refractivity contribution in [3.05, 3.63) is 58.3 Å². The third-order valence-corrected chi connectivity index (χ3v) is 3.88. The fourth-order valence-corrected chi connectivity index (χ4v) is 2.74. The van der Waals surface area contributed by atoms with Crippen LogP contribution in [0.1, 0.15) is 24.1 Å². The number of nitrogens with zero attached hydrogens (tertiary/aromatic N) is 3. The summed E-state index contributed by atoms with van der Waals surface area (Å²) < 4.78 is 1.95. The first-order valence-corrected chi connectivity index (χ1v) is 7.26. The first-order chi connectivity index (χ1) is 10.2. The van der Waals surface area contributed by atoms with Gasteiger partial charge in [-0.25, -0.2) is 0 Å². The number of aromatic hydroxyl groups is 1. The molecule has 0 radical (unpaired) electrons. The van der Waals surface area contributed by atoms with Crippen LogP contribution in [0.15, 0.2) is 41.6 Å². The molecule has 0 amide bonds. The maximum Gasteiger partial charge on any atom is 0.223 e. The van der Waals surface area contributed by atoms with Crippen LogP contribution in [0, 0.1) is 0 Å². The fraction of sp³-hybridized carbons (Fsp3) is 0.375. The van der Waals surface area contributed by atoms with Gasteiger partial charge in [0.15, 0.2) is 5.75 Å². The zero-order valence-electron chi connectivity index (χ0n) is 11.9. The minimum absolute atomic E-state index is 0.200. The molecule has 110 valence electrons. The second-order valence-electron chi connectivity index (χ2n) is 5.48. The summed E-state index contributed by atoms with van der Waals surface area (Å²) in [6.07, 6.45) is 7.46. The average molecular weight is 285 g/mol. The summed E-state index contributed by atoms with van der Waals surface area (Å²) in [7, 11) is 0. The molecule has 3 heterocycles. The van der Waals surface area contributed by atoms with Gasteiger partial charge in [-0.05, 0) is 43.6 Å². The highest BCUT2D eigenvalue weighted by Crippen LogP contribution is 2.15. The molecule has 1 aliphatic heterocycles. The van der Waals surface area contributed by atoms with E-state index in [9.17, 15) is 9.90 Å². The molecule has 0 unspecified atom stereocenters. The van der Waals surface area contributed by atoms with Crippen molar-refractivity contribution in [2.24, 2.45) is 0 Å². The maximum atomic E-state index is 11.7. The highest BCUT2D eigenvalue weighted by Gasteiger charge is 2.15. The molecule has 1 N–H and O–H groups in total. The van der Waals surface area contributed by atoms with Gasteiger partial charge in [0.25, 0.3) is 0 Å². The minimum atomic E-state index is -0.310. The van der Waals surface area contributed by atoms with Gasteiger partial charge in [-0.3, -0.25) is 14.7 Å². The molecule has 1 fully saturated rings. The molecule has 1 aliphatic rings. The number of aromatic nitrogens is 2. The number of pyridine rings is 2. The smallest absolute Gasteiger partial charge is 0.223 e. The summed E-state index contributed by atoms with van der Waals surface area (Å²) in [5.74, 6) is -0.200. The van der Waals surface area contributed by atoms with Crippen molar-refractivity contribution < 1.29 is 5.11 Å². The van der Waals surface area contributed by atoms with E-state index in [1.165, 1.54) is 19.0 Å². The van der Waals surface area contributed by atoms with Crippen molar-refractivity contribution in [1.82, 2.24) is 14.5 Å². The summed E-state index contributed by atoms with van der Waals surface area (Å²) in [5.41, 5.74) is 1.72. The van der Waals surface area contributed by atoms with E-state index in [1.54, 1.807) is 18.5 Å². The highest BCUT2D eigenvalue weighted by atomic mass is 16.3. The van der Waals surface area contributed by atoms with Crippen molar-refractivity contribution in [3.8, 4) is 5.75 Å². The Morgan fingerprint density at radius 1 is 1.14 bits per heavy atom. The predicted molar refractivity (Wildman–Crippen MR) is 80.2 cm³/mol. The highest BCUT2D eigenvalue weighted by molar-refractivity contribution is 5.22. The molecule has 3 rings (SSSR count). The number of hydrogen-bond acceptors (Lipinski definition) is 4. The SMILES string of the molecule is O=c1cc(CN2CCCC2)n(Cc2ccncc2)cc1O. The Balaban J connectivity index is 1.89. The molecule has 0 aromatic carbocycles. The molecule has 0 atom stereocenters. The molecule has 1 saturated heterocycles. The van der Waals surface area contributed by atoms with Crippen molar-refractivity contribution in [3.63, 3.8) is 0 Å². The van der Waals surface area contributed by atoms with Crippen molar-refractivity contribution >= 4 is 0 Å². The normalized spacial score (nSPS) is 15.4. The minimum Gasteiger partial charge on any atom is -0.503 e. The molecule has 0 saturated carbocycles. The second kappa shape index (κ2) is 6.10. The Labute approximate surface area is 123 Å². The zero-order valence-corrected chi connectivity index (χ0v) is 11.9. The lowest BCUT2D eigenvalue weighted by atomic mass is 10.2. The van der Waals surface area contributed by atoms with Crippen LogP contribution < -0.4 is 5.43 Å². The van der Waals surface area contributed by atoms with Crippen LogP contribution >= 0.6 is 0 Å². The Kier molecular flexibility index (Phi) is 4.01. The summed E-state index contributed by atoms with van der Waals surface area (Å²) in [4.78, 5) is 18.1. The summed E-state index contributed by atoms with van der Waals surface area (Å²) >= 11 is 0. The Morgan fingerprint density at radius 3 is 2.57 bits per heavy atom. The van der Waals surface area contributed by atoms with Gasteiger partial charge < -0.3 is 9.67 Å². The quantitative estimate of drug-likeness (QED) is 0.927. The van der Waals surface area contributed by atoms with Gasteiger partial charge in [0.2, 0.25) is 5.43 Å². The van der Waals surface area contributed by atoms with E-state index >= 15 is 0 Å². The van der Waals surface area contributed by atoms with Gasteiger partial charge in [-0.1, -0.05) is 0 Å². The molecule has 5 nitrogen and oxygen atoms in total. The van der Waals surface area contributed by atoms with Gasteiger partial charge in [-0.2, -0.15) is 0 Å². The number of hydrogen-bond donors (Lipinski definition) is 1. The maximum absolute atomic E-state index is 11.7. The van der Waals surface area contributed by atoms with Crippen LogP contribution in [0.5, 0.6) is 5.75 Å². The number of rotatable bonds is 4. The summed E-state index contributed by atoms with van der Waals surface area (Å²) in [6.45, 7) is 3.52. The summed E-state index contributed by atoms with van der Waals surface area (Å²) in [6, 6.07) is 5.43. The molecular weight excluding hydrogens is 266 g/mol. The Morgan fingerprint density at radius 2 is 1.86 bits per heavy atom. The topological polar surface area (TPSA) is 58.4 Å². The van der Waals surface area contributed by atoms with Crippen molar-refractivity contribution in [2.45, 2.75) is 25.9 Å². The van der Waals surface area contributed by atoms with Gasteiger partial charge in [0.1, 0.15) is 0 Å². The van der Waals surface area contributed by atoms with E-state index in [0.717, 1.165) is 30.9 Å². The molecule has 21 heavy (non-hydrogen) atoms. The first kappa shape index (κ1) is 13.8. The standard InChI is InChI=1S/C16H19N3O2/c20-15-9-14(11-18-7-1-2-8-18)19(12-16(15)21)10-13-3-5-17-6-4-13/h3-6,9,12,21H,1-2,7-8,10-11H2. The molecule has 0 aliphatic carbocycles. The van der Waals surface area contributed by atoms with E-state index < -0.39 is 0 Å². The van der Waals surface area contributed by atoms with Gasteiger partial charge in [0, 0.05) is 37.2 Å². The van der Waals surface area contributed by atoms with Crippen LogP contribution in [-0.2, 0) is 13.1 Å². The Hall–Kier alpha value is -2.14. The molecule has 2 aromatic rings. The lowest BCUT2D eigenvalue weighted by molar-refractivity contribution is 0.320. The fourth-order valence-electron chi connectivity index (χ4n) is 2.74. The lowest BCUT2D eigenvalue weighted by Gasteiger charge is -2.19. The van der Waals surface area contributed by atoms with Crippen LogP contribution in [0.2, 0.25) is 0 Å². The molecular formula is C16H19N3O2. The van der Waals surface area contributed by atoms with Crippen LogP contribution in [0.3, 0.4) is 0 Å². The summed E-state index contributed by atoms with van der Waals surface area (Å²) in [5, 5.41) is 9.70. The average Bonchev–Trinajstić information content (AvgIpc) is 2.98. The van der Waals surface area contributed by atoms with E-state index in [4.69, 9.17) is 0 Å². The zero-order chi connectivity index (χ0) is 14.7.